The summed E-state index contributed by atoms with van der Waals surface area (Å²) >= 11 is 0. The van der Waals surface area contributed by atoms with Crippen LogP contribution in [0.3, 0.4) is 0 Å². The fourth-order valence-electron chi connectivity index (χ4n) is 4.53. The molecular formula is C27H35N7O6. The van der Waals surface area contributed by atoms with Crippen molar-refractivity contribution in [3.05, 3.63) is 59.7 Å². The summed E-state index contributed by atoms with van der Waals surface area (Å²) in [4.78, 5) is 56.2. The van der Waals surface area contributed by atoms with Gasteiger partial charge in [0, 0.05) is 18.8 Å². The number of carboxylic acids is 1. The maximum Gasteiger partial charge on any atom is 0.339 e. The zero-order chi connectivity index (χ0) is 29.2. The van der Waals surface area contributed by atoms with Crippen molar-refractivity contribution in [3.8, 4) is 5.75 Å². The van der Waals surface area contributed by atoms with E-state index < -0.39 is 41.7 Å². The van der Waals surface area contributed by atoms with Crippen LogP contribution in [-0.2, 0) is 20.8 Å². The summed E-state index contributed by atoms with van der Waals surface area (Å²) in [5.74, 6) is -3.56. The number of nitrogens with two attached hydrogens (primary N) is 3. The van der Waals surface area contributed by atoms with Crippen LogP contribution in [0.25, 0.3) is 0 Å². The van der Waals surface area contributed by atoms with Gasteiger partial charge in [-0.15, -0.1) is 0 Å². The third kappa shape index (κ3) is 8.17. The van der Waals surface area contributed by atoms with Gasteiger partial charge in [-0.25, -0.2) is 4.79 Å². The lowest BCUT2D eigenvalue weighted by Gasteiger charge is -2.27. The summed E-state index contributed by atoms with van der Waals surface area (Å²) in [6.07, 6.45) is 1.83. The number of aromatic carboxylic acids is 1. The molecule has 1 aliphatic rings. The van der Waals surface area contributed by atoms with Crippen LogP contribution >= 0.6 is 0 Å². The van der Waals surface area contributed by atoms with Gasteiger partial charge in [0.2, 0.25) is 17.7 Å². The van der Waals surface area contributed by atoms with E-state index >= 15 is 0 Å². The molecule has 3 amide bonds. The molecule has 1 fully saturated rings. The molecule has 0 aromatic heterocycles. The van der Waals surface area contributed by atoms with Gasteiger partial charge in [-0.2, -0.15) is 0 Å². The van der Waals surface area contributed by atoms with Crippen molar-refractivity contribution < 1.29 is 29.4 Å². The number of hydrogen-bond acceptors (Lipinski definition) is 8. The highest BCUT2D eigenvalue weighted by Gasteiger charge is 2.37. The number of aromatic hydroxyl groups is 1. The molecule has 0 aliphatic carbocycles. The molecule has 0 saturated carbocycles. The average Bonchev–Trinajstić information content (AvgIpc) is 3.41. The first-order valence-electron chi connectivity index (χ1n) is 12.9. The Bertz CT molecular complexity index is 1250. The third-order valence-corrected chi connectivity index (χ3v) is 6.53. The number of hydrogen-bond donors (Lipinski definition) is 7. The Labute approximate surface area is 231 Å². The second-order valence-corrected chi connectivity index (χ2v) is 9.52. The molecule has 3 atom stereocenters. The largest absolute Gasteiger partial charge is 0.507 e. The summed E-state index contributed by atoms with van der Waals surface area (Å²) in [5, 5.41) is 24.4. The standard InChI is InChI=1S/C27H35N7O6/c28-19(14-16-6-2-1-3-7-16)25(38)34-13-5-9-21(34)24(37)33-23(36)20(8-4-12-31-27(29)30)32-17-10-11-22(35)18(15-17)26(39)40/h1-3,6-7,10-11,15,19-21,32,35H,4-5,8-9,12-14,28H2,(H,39,40)(H4,29,30,31)(H,33,36,37). The summed E-state index contributed by atoms with van der Waals surface area (Å²) in [7, 11) is 0. The van der Waals surface area contributed by atoms with Crippen molar-refractivity contribution in [2.75, 3.05) is 18.4 Å². The van der Waals surface area contributed by atoms with Gasteiger partial charge in [-0.1, -0.05) is 30.3 Å². The monoisotopic (exact) mass is 553 g/mol. The highest BCUT2D eigenvalue weighted by atomic mass is 16.4. The first-order chi connectivity index (χ1) is 19.1. The van der Waals surface area contributed by atoms with E-state index in [9.17, 15) is 29.4 Å². The molecule has 1 saturated heterocycles. The van der Waals surface area contributed by atoms with E-state index in [1.54, 1.807) is 0 Å². The number of carbonyl (C=O) groups excluding carboxylic acids is 3. The first-order valence-corrected chi connectivity index (χ1v) is 12.9. The molecular weight excluding hydrogens is 518 g/mol. The fraction of sp³-hybridized carbons (Fsp3) is 0.370. The van der Waals surface area contributed by atoms with Crippen molar-refractivity contribution in [2.24, 2.45) is 22.2 Å². The van der Waals surface area contributed by atoms with E-state index in [1.165, 1.54) is 23.1 Å². The third-order valence-electron chi connectivity index (χ3n) is 6.53. The zero-order valence-corrected chi connectivity index (χ0v) is 22.0. The predicted molar refractivity (Wildman–Crippen MR) is 148 cm³/mol. The van der Waals surface area contributed by atoms with Crippen LogP contribution < -0.4 is 27.8 Å². The highest BCUT2D eigenvalue weighted by Crippen LogP contribution is 2.23. The number of anilines is 1. The number of aliphatic imine (C=N–C) groups is 1. The molecule has 0 radical (unpaired) electrons. The van der Waals surface area contributed by atoms with E-state index in [0.29, 0.717) is 32.2 Å². The number of benzene rings is 2. The van der Waals surface area contributed by atoms with Crippen molar-refractivity contribution >= 4 is 35.3 Å². The van der Waals surface area contributed by atoms with Crippen LogP contribution in [0.5, 0.6) is 5.75 Å². The number of guanidine groups is 1. The van der Waals surface area contributed by atoms with E-state index in [0.717, 1.165) is 5.56 Å². The number of phenols is 1. The van der Waals surface area contributed by atoms with Crippen molar-refractivity contribution in [3.63, 3.8) is 0 Å². The summed E-state index contributed by atoms with van der Waals surface area (Å²) < 4.78 is 0. The van der Waals surface area contributed by atoms with E-state index in [1.807, 2.05) is 30.3 Å². The van der Waals surface area contributed by atoms with Crippen LogP contribution in [0.1, 0.15) is 41.6 Å². The normalized spacial score (nSPS) is 16.0. The van der Waals surface area contributed by atoms with Gasteiger partial charge in [0.25, 0.3) is 0 Å². The molecule has 13 heteroatoms. The highest BCUT2D eigenvalue weighted by molar-refractivity contribution is 6.02. The number of likely N-dealkylation sites (tertiary alicyclic amines) is 1. The Morgan fingerprint density at radius 3 is 2.50 bits per heavy atom. The topological polar surface area (TPSA) is 226 Å². The Hall–Kier alpha value is -4.65. The summed E-state index contributed by atoms with van der Waals surface area (Å²) in [6, 6.07) is 10.4. The number of rotatable bonds is 12. The lowest BCUT2D eigenvalue weighted by atomic mass is 10.0. The van der Waals surface area contributed by atoms with Crippen LogP contribution in [0.2, 0.25) is 0 Å². The van der Waals surface area contributed by atoms with Crippen molar-refractivity contribution in [1.82, 2.24) is 10.2 Å². The number of carboxylic acid groups (broad SMARTS) is 1. The molecule has 214 valence electrons. The average molecular weight is 554 g/mol. The van der Waals surface area contributed by atoms with Gasteiger partial charge in [0.15, 0.2) is 5.96 Å². The second kappa shape index (κ2) is 13.9. The van der Waals surface area contributed by atoms with Gasteiger partial charge in [0.1, 0.15) is 23.4 Å². The molecule has 40 heavy (non-hydrogen) atoms. The Morgan fingerprint density at radius 1 is 1.10 bits per heavy atom. The molecule has 3 unspecified atom stereocenters. The van der Waals surface area contributed by atoms with Crippen molar-refractivity contribution in [1.29, 1.82) is 0 Å². The molecule has 1 aliphatic heterocycles. The molecule has 1 heterocycles. The molecule has 0 bridgehead atoms. The SMILES string of the molecule is NC(N)=NCCCC(Nc1ccc(O)c(C(=O)O)c1)C(=O)NC(=O)C1CCCN1C(=O)C(N)Cc1ccccc1. The lowest BCUT2D eigenvalue weighted by molar-refractivity contribution is -0.141. The van der Waals surface area contributed by atoms with E-state index in [2.05, 4.69) is 15.6 Å². The smallest absolute Gasteiger partial charge is 0.339 e. The Balaban J connectivity index is 1.69. The summed E-state index contributed by atoms with van der Waals surface area (Å²) in [6.45, 7) is 0.571. The van der Waals surface area contributed by atoms with E-state index in [4.69, 9.17) is 17.2 Å². The van der Waals surface area contributed by atoms with Crippen LogP contribution in [0.15, 0.2) is 53.5 Å². The summed E-state index contributed by atoms with van der Waals surface area (Å²) in [5.41, 5.74) is 17.7. The number of imide groups is 1. The zero-order valence-electron chi connectivity index (χ0n) is 22.0. The maximum atomic E-state index is 13.2. The molecule has 2 aromatic rings. The van der Waals surface area contributed by atoms with Gasteiger partial charge in [-0.05, 0) is 55.9 Å². The lowest BCUT2D eigenvalue weighted by Crippen LogP contribution is -2.54. The van der Waals surface area contributed by atoms with Gasteiger partial charge < -0.3 is 37.6 Å². The first kappa shape index (κ1) is 29.9. The quantitative estimate of drug-likeness (QED) is 0.0813. The minimum absolute atomic E-state index is 0.106. The molecule has 3 rings (SSSR count). The number of nitrogens with one attached hydrogen (secondary N) is 2. The van der Waals surface area contributed by atoms with Crippen molar-refractivity contribution in [2.45, 2.75) is 50.2 Å². The van der Waals surface area contributed by atoms with Gasteiger partial charge in [0.05, 0.1) is 6.04 Å². The Kier molecular flexibility index (Phi) is 10.4. The molecule has 2 aromatic carbocycles. The van der Waals surface area contributed by atoms with Crippen LogP contribution in [-0.4, -0.2) is 76.0 Å². The number of carbonyl (C=O) groups is 4. The van der Waals surface area contributed by atoms with Crippen LogP contribution in [0, 0.1) is 0 Å². The number of nitrogens with zero attached hydrogens (tertiary/aromatic N) is 2. The minimum atomic E-state index is -1.35. The number of amides is 3. The Morgan fingerprint density at radius 2 is 1.82 bits per heavy atom. The van der Waals surface area contributed by atoms with Gasteiger partial charge in [-0.3, -0.25) is 24.7 Å². The molecule has 0 spiro atoms. The maximum absolute atomic E-state index is 13.2. The second-order valence-electron chi connectivity index (χ2n) is 9.52. The fourth-order valence-corrected chi connectivity index (χ4v) is 4.53. The van der Waals surface area contributed by atoms with Crippen LogP contribution in [0.4, 0.5) is 5.69 Å². The van der Waals surface area contributed by atoms with E-state index in [-0.39, 0.29) is 36.1 Å². The van der Waals surface area contributed by atoms with Gasteiger partial charge >= 0.3 is 5.97 Å². The minimum Gasteiger partial charge on any atom is -0.507 e. The molecule has 13 nitrogen and oxygen atoms in total. The molecule has 10 N–H and O–H groups in total. The predicted octanol–water partition coefficient (Wildman–Crippen LogP) is 0.128.